The third kappa shape index (κ3) is 3.12. The van der Waals surface area contributed by atoms with Crippen LogP contribution < -0.4 is 5.32 Å². The molecule has 0 spiro atoms. The maximum atomic E-state index is 11.8. The summed E-state index contributed by atoms with van der Waals surface area (Å²) in [6.07, 6.45) is 0.304. The first kappa shape index (κ1) is 14.0. The van der Waals surface area contributed by atoms with Crippen LogP contribution in [0.2, 0.25) is 5.02 Å². The fourth-order valence-corrected chi connectivity index (χ4v) is 3.00. The minimum atomic E-state index is -0.176. The summed E-state index contributed by atoms with van der Waals surface area (Å²) >= 11 is 7.36. The van der Waals surface area contributed by atoms with Crippen molar-refractivity contribution in [3.8, 4) is 6.07 Å². The number of nitriles is 1. The van der Waals surface area contributed by atoms with Crippen molar-refractivity contribution in [2.24, 2.45) is 0 Å². The predicted molar refractivity (Wildman–Crippen MR) is 77.7 cm³/mol. The van der Waals surface area contributed by atoms with Gasteiger partial charge in [-0.15, -0.1) is 11.8 Å². The Hall–Kier alpha value is -1.44. The second-order valence-electron chi connectivity index (χ2n) is 4.14. The molecular formula is C14H13ClN2OS. The Balaban J connectivity index is 2.42. The van der Waals surface area contributed by atoms with E-state index >= 15 is 0 Å². The van der Waals surface area contributed by atoms with Crippen LogP contribution in [0.25, 0.3) is 0 Å². The Morgan fingerprint density at radius 3 is 2.74 bits per heavy atom. The lowest BCUT2D eigenvalue weighted by atomic mass is 9.87. The van der Waals surface area contributed by atoms with E-state index < -0.39 is 0 Å². The molecular weight excluding hydrogens is 280 g/mol. The lowest BCUT2D eigenvalue weighted by molar-refractivity contribution is -0.120. The van der Waals surface area contributed by atoms with Gasteiger partial charge in [-0.1, -0.05) is 30.7 Å². The van der Waals surface area contributed by atoms with Gasteiger partial charge in [0.1, 0.15) is 0 Å². The Morgan fingerprint density at radius 1 is 1.47 bits per heavy atom. The van der Waals surface area contributed by atoms with Crippen molar-refractivity contribution in [2.45, 2.75) is 19.3 Å². The van der Waals surface area contributed by atoms with E-state index in [1.165, 1.54) is 11.8 Å². The van der Waals surface area contributed by atoms with Gasteiger partial charge in [0.25, 0.3) is 0 Å². The molecule has 1 aliphatic heterocycles. The van der Waals surface area contributed by atoms with Gasteiger partial charge in [-0.2, -0.15) is 5.26 Å². The molecule has 1 aliphatic rings. The molecule has 0 radical (unpaired) electrons. The van der Waals surface area contributed by atoms with Gasteiger partial charge in [0, 0.05) is 17.4 Å². The van der Waals surface area contributed by atoms with Crippen molar-refractivity contribution in [1.82, 2.24) is 5.32 Å². The second kappa shape index (κ2) is 6.14. The molecule has 1 N–H and O–H groups in total. The van der Waals surface area contributed by atoms with E-state index in [9.17, 15) is 10.1 Å². The van der Waals surface area contributed by atoms with E-state index in [1.54, 1.807) is 12.1 Å². The first-order chi connectivity index (χ1) is 9.15. The molecule has 0 bridgehead atoms. The van der Waals surface area contributed by atoms with Crippen molar-refractivity contribution in [3.05, 3.63) is 45.5 Å². The molecule has 3 nitrogen and oxygen atoms in total. The maximum Gasteiger partial charge on any atom is 0.225 e. The van der Waals surface area contributed by atoms with Crippen LogP contribution in [0.5, 0.6) is 0 Å². The molecule has 0 aliphatic carbocycles. The number of benzene rings is 1. The minimum absolute atomic E-state index is 0.0464. The molecule has 0 saturated carbocycles. The molecule has 0 aromatic heterocycles. The van der Waals surface area contributed by atoms with Crippen LogP contribution in [0.4, 0.5) is 0 Å². The van der Waals surface area contributed by atoms with E-state index in [4.69, 9.17) is 11.6 Å². The molecule has 0 unspecified atom stereocenters. The predicted octanol–water partition coefficient (Wildman–Crippen LogP) is 3.43. The lowest BCUT2D eigenvalue weighted by Gasteiger charge is -2.24. The van der Waals surface area contributed by atoms with Crippen molar-refractivity contribution in [1.29, 1.82) is 5.26 Å². The highest BCUT2D eigenvalue weighted by molar-refractivity contribution is 8.03. The standard InChI is InChI=1S/C14H13ClN2OS/c1-2-19-14-12(8-16)11(7-13(18)17-14)9-3-5-10(15)6-4-9/h3-6,11H,2,7H2,1H3,(H,17,18)/t11-/m1/s1. The Morgan fingerprint density at radius 2 is 2.16 bits per heavy atom. The summed E-state index contributed by atoms with van der Waals surface area (Å²) in [5.41, 5.74) is 1.58. The Labute approximate surface area is 121 Å². The summed E-state index contributed by atoms with van der Waals surface area (Å²) in [6.45, 7) is 1.99. The largest absolute Gasteiger partial charge is 0.320 e. The van der Waals surface area contributed by atoms with E-state index in [2.05, 4.69) is 11.4 Å². The summed E-state index contributed by atoms with van der Waals surface area (Å²) in [4.78, 5) is 11.8. The average molecular weight is 293 g/mol. The number of hydrogen-bond acceptors (Lipinski definition) is 3. The zero-order chi connectivity index (χ0) is 13.8. The van der Waals surface area contributed by atoms with Gasteiger partial charge >= 0.3 is 0 Å². The smallest absolute Gasteiger partial charge is 0.225 e. The van der Waals surface area contributed by atoms with E-state index in [-0.39, 0.29) is 11.8 Å². The van der Waals surface area contributed by atoms with Crippen LogP contribution in [-0.2, 0) is 4.79 Å². The third-order valence-electron chi connectivity index (χ3n) is 2.92. The fraction of sp³-hybridized carbons (Fsp3) is 0.286. The van der Waals surface area contributed by atoms with Crippen LogP contribution >= 0.6 is 23.4 Å². The average Bonchev–Trinajstić information content (AvgIpc) is 2.39. The van der Waals surface area contributed by atoms with Crippen LogP contribution in [0.3, 0.4) is 0 Å². The number of amides is 1. The maximum absolute atomic E-state index is 11.8. The molecule has 1 amide bonds. The summed E-state index contributed by atoms with van der Waals surface area (Å²) in [5.74, 6) is 0.591. The van der Waals surface area contributed by atoms with Crippen LogP contribution in [0.15, 0.2) is 34.9 Å². The van der Waals surface area contributed by atoms with E-state index in [0.29, 0.717) is 22.0 Å². The number of nitrogens with zero attached hydrogens (tertiary/aromatic N) is 1. The molecule has 5 heteroatoms. The number of rotatable bonds is 3. The zero-order valence-electron chi connectivity index (χ0n) is 10.4. The molecule has 0 saturated heterocycles. The summed E-state index contributed by atoms with van der Waals surface area (Å²) < 4.78 is 0. The van der Waals surface area contributed by atoms with Gasteiger partial charge in [-0.05, 0) is 23.4 Å². The van der Waals surface area contributed by atoms with Crippen molar-refractivity contribution < 1.29 is 4.79 Å². The molecule has 2 rings (SSSR count). The summed E-state index contributed by atoms with van der Waals surface area (Å²) in [6, 6.07) is 9.54. The SMILES string of the molecule is CCSC1=C(C#N)[C@@H](c2ccc(Cl)cc2)CC(=O)N1. The number of carbonyl (C=O) groups is 1. The topological polar surface area (TPSA) is 52.9 Å². The number of carbonyl (C=O) groups excluding carboxylic acids is 1. The molecule has 19 heavy (non-hydrogen) atoms. The van der Waals surface area contributed by atoms with Gasteiger partial charge in [-0.25, -0.2) is 0 Å². The normalized spacial score (nSPS) is 19.0. The molecule has 1 aromatic rings. The van der Waals surface area contributed by atoms with Gasteiger partial charge < -0.3 is 5.32 Å². The number of allylic oxidation sites excluding steroid dienone is 1. The van der Waals surface area contributed by atoms with Crippen molar-refractivity contribution in [2.75, 3.05) is 5.75 Å². The van der Waals surface area contributed by atoms with E-state index in [0.717, 1.165) is 11.3 Å². The van der Waals surface area contributed by atoms with Crippen molar-refractivity contribution >= 4 is 29.3 Å². The van der Waals surface area contributed by atoms with Gasteiger partial charge in [0.05, 0.1) is 16.7 Å². The molecule has 1 atom stereocenters. The first-order valence-corrected chi connectivity index (χ1v) is 7.34. The molecule has 1 heterocycles. The first-order valence-electron chi connectivity index (χ1n) is 5.98. The molecule has 1 aromatic carbocycles. The van der Waals surface area contributed by atoms with E-state index in [1.807, 2.05) is 19.1 Å². The zero-order valence-corrected chi connectivity index (χ0v) is 12.0. The third-order valence-corrected chi connectivity index (χ3v) is 4.07. The van der Waals surface area contributed by atoms with Gasteiger partial charge in [0.15, 0.2) is 0 Å². The molecule has 0 fully saturated rings. The highest BCUT2D eigenvalue weighted by Crippen LogP contribution is 2.36. The quantitative estimate of drug-likeness (QED) is 0.928. The number of thioether (sulfide) groups is 1. The highest BCUT2D eigenvalue weighted by atomic mass is 35.5. The van der Waals surface area contributed by atoms with Crippen LogP contribution in [0, 0.1) is 11.3 Å². The lowest BCUT2D eigenvalue weighted by Crippen LogP contribution is -2.30. The summed E-state index contributed by atoms with van der Waals surface area (Å²) in [7, 11) is 0. The van der Waals surface area contributed by atoms with Crippen LogP contribution in [-0.4, -0.2) is 11.7 Å². The number of halogens is 1. The Bertz CT molecular complexity index is 560. The molecule has 98 valence electrons. The van der Waals surface area contributed by atoms with Gasteiger partial charge in [0.2, 0.25) is 5.91 Å². The Kier molecular flexibility index (Phi) is 4.52. The number of hydrogen-bond donors (Lipinski definition) is 1. The number of nitrogens with one attached hydrogen (secondary N) is 1. The summed E-state index contributed by atoms with van der Waals surface area (Å²) in [5, 5.41) is 13.5. The monoisotopic (exact) mass is 292 g/mol. The van der Waals surface area contributed by atoms with Gasteiger partial charge in [-0.3, -0.25) is 4.79 Å². The second-order valence-corrected chi connectivity index (χ2v) is 5.85. The fourth-order valence-electron chi connectivity index (χ4n) is 2.06. The van der Waals surface area contributed by atoms with Crippen molar-refractivity contribution in [3.63, 3.8) is 0 Å². The van der Waals surface area contributed by atoms with Crippen LogP contribution in [0.1, 0.15) is 24.8 Å². The highest BCUT2D eigenvalue weighted by Gasteiger charge is 2.29. The minimum Gasteiger partial charge on any atom is -0.320 e.